The highest BCUT2D eigenvalue weighted by Crippen LogP contribution is 2.02. The van der Waals surface area contributed by atoms with E-state index in [0.29, 0.717) is 11.4 Å². The third-order valence-corrected chi connectivity index (χ3v) is 2.83. The van der Waals surface area contributed by atoms with Gasteiger partial charge in [-0.3, -0.25) is 29.2 Å². The van der Waals surface area contributed by atoms with Gasteiger partial charge >= 0.3 is 17.9 Å². The van der Waals surface area contributed by atoms with Crippen LogP contribution in [0.15, 0.2) is 4.99 Å². The third-order valence-electron chi connectivity index (χ3n) is 2.83. The molecule has 13 nitrogen and oxygen atoms in total. The number of carboxylic acid groups (broad SMARTS) is 3. The summed E-state index contributed by atoms with van der Waals surface area (Å²) in [5.41, 5.74) is 18.0. The molecule has 0 rings (SSSR count). The number of carboxylic acids is 3. The smallest absolute Gasteiger partial charge is 0.324 e. The molecule has 0 aromatic carbocycles. The second-order valence-corrected chi connectivity index (χ2v) is 4.99. The quantitative estimate of drug-likeness (QED) is 0.0785. The summed E-state index contributed by atoms with van der Waals surface area (Å²) in [7, 11) is 0. The van der Waals surface area contributed by atoms with Crippen molar-refractivity contribution in [1.82, 2.24) is 10.4 Å². The lowest BCUT2D eigenvalue weighted by atomic mass is 10.1. The van der Waals surface area contributed by atoms with Gasteiger partial charge in [-0.2, -0.15) is 0 Å². The van der Waals surface area contributed by atoms with Crippen molar-refractivity contribution in [3.05, 3.63) is 0 Å². The molecule has 0 spiro atoms. The first kappa shape index (κ1) is 22.1. The molecule has 0 radical (unpaired) electrons. The van der Waals surface area contributed by atoms with E-state index in [4.69, 9.17) is 32.5 Å². The summed E-state index contributed by atoms with van der Waals surface area (Å²) in [5, 5.41) is 27.0. The van der Waals surface area contributed by atoms with Gasteiger partial charge in [-0.05, 0) is 12.8 Å². The van der Waals surface area contributed by atoms with Gasteiger partial charge in [0, 0.05) is 6.54 Å². The van der Waals surface area contributed by atoms with Gasteiger partial charge in [-0.15, -0.1) is 0 Å². The second kappa shape index (κ2) is 10.8. The Balaban J connectivity index is 4.94. The van der Waals surface area contributed by atoms with Crippen molar-refractivity contribution in [3.8, 4) is 0 Å². The van der Waals surface area contributed by atoms with Gasteiger partial charge in [0.05, 0.1) is 12.5 Å². The van der Waals surface area contributed by atoms with Gasteiger partial charge in [-0.1, -0.05) is 0 Å². The molecule has 0 aromatic rings. The summed E-state index contributed by atoms with van der Waals surface area (Å²) in [4.78, 5) is 48.5. The maximum atomic E-state index is 12.2. The van der Waals surface area contributed by atoms with Gasteiger partial charge in [-0.25, -0.2) is 5.43 Å². The van der Waals surface area contributed by atoms with Crippen LogP contribution in [0.2, 0.25) is 0 Å². The number of aliphatic imine (C=N–C) groups is 1. The van der Waals surface area contributed by atoms with Crippen LogP contribution in [0.5, 0.6) is 0 Å². The average Bonchev–Trinajstić information content (AvgIpc) is 2.47. The molecule has 13 heteroatoms. The number of nitrogens with two attached hydrogens (primary N) is 3. The molecule has 142 valence electrons. The molecule has 10 N–H and O–H groups in total. The third kappa shape index (κ3) is 9.72. The standard InChI is InChI=1S/C12H22N6O7/c13-6(2-1-3-16-12(14)15)10(23)18(5-9(21)22)17-7(11(24)25)4-8(19)20/h6-7,17H,1-5,13H2,(H,19,20)(H,21,22)(H,24,25)(H4,14,15,16). The summed E-state index contributed by atoms with van der Waals surface area (Å²) in [6, 6.07) is -2.85. The van der Waals surface area contributed by atoms with Crippen LogP contribution in [0.25, 0.3) is 0 Å². The Morgan fingerprint density at radius 1 is 1.08 bits per heavy atom. The lowest BCUT2D eigenvalue weighted by Crippen LogP contribution is -2.57. The summed E-state index contributed by atoms with van der Waals surface area (Å²) in [5.74, 6) is -5.47. The first-order valence-electron chi connectivity index (χ1n) is 7.09. The van der Waals surface area contributed by atoms with E-state index in [1.165, 1.54) is 0 Å². The van der Waals surface area contributed by atoms with Crippen LogP contribution in [0.1, 0.15) is 19.3 Å². The van der Waals surface area contributed by atoms with E-state index < -0.39 is 48.9 Å². The van der Waals surface area contributed by atoms with Crippen LogP contribution in [0.4, 0.5) is 0 Å². The molecule has 1 amide bonds. The van der Waals surface area contributed by atoms with Crippen LogP contribution in [0.3, 0.4) is 0 Å². The zero-order chi connectivity index (χ0) is 19.6. The molecule has 0 heterocycles. The predicted molar refractivity (Wildman–Crippen MR) is 84.0 cm³/mol. The Kier molecular flexibility index (Phi) is 9.51. The number of aliphatic carboxylic acids is 3. The minimum atomic E-state index is -1.70. The normalized spacial score (nSPS) is 12.7. The first-order chi connectivity index (χ1) is 11.5. The van der Waals surface area contributed by atoms with Crippen molar-refractivity contribution in [2.45, 2.75) is 31.3 Å². The van der Waals surface area contributed by atoms with Crippen LogP contribution >= 0.6 is 0 Å². The summed E-state index contributed by atoms with van der Waals surface area (Å²) in [6.07, 6.45) is -0.439. The maximum Gasteiger partial charge on any atom is 0.324 e. The summed E-state index contributed by atoms with van der Waals surface area (Å²) in [6.45, 7) is -0.698. The number of carbonyl (C=O) groups is 4. The molecule has 0 aliphatic heterocycles. The Morgan fingerprint density at radius 3 is 2.12 bits per heavy atom. The number of hydrogen-bond acceptors (Lipinski definition) is 7. The van der Waals surface area contributed by atoms with Crippen molar-refractivity contribution in [1.29, 1.82) is 0 Å². The van der Waals surface area contributed by atoms with Gasteiger partial charge in [0.1, 0.15) is 12.6 Å². The SMILES string of the molecule is NC(N)=NCCCC(N)C(=O)N(CC(=O)O)NC(CC(=O)O)C(=O)O. The van der Waals surface area contributed by atoms with Crippen molar-refractivity contribution < 1.29 is 34.5 Å². The van der Waals surface area contributed by atoms with Crippen molar-refractivity contribution in [2.75, 3.05) is 13.1 Å². The molecule has 0 aromatic heterocycles. The molecule has 0 aliphatic rings. The predicted octanol–water partition coefficient (Wildman–Crippen LogP) is -3.29. The highest BCUT2D eigenvalue weighted by molar-refractivity contribution is 5.86. The summed E-state index contributed by atoms with van der Waals surface area (Å²) >= 11 is 0. The largest absolute Gasteiger partial charge is 0.481 e. The lowest BCUT2D eigenvalue weighted by molar-refractivity contribution is -0.154. The van der Waals surface area contributed by atoms with Crippen molar-refractivity contribution in [3.63, 3.8) is 0 Å². The fourth-order valence-corrected chi connectivity index (χ4v) is 1.72. The minimum Gasteiger partial charge on any atom is -0.481 e. The molecule has 0 aliphatic carbocycles. The number of nitrogens with one attached hydrogen (secondary N) is 1. The number of hydrazine groups is 1. The maximum absolute atomic E-state index is 12.2. The second-order valence-electron chi connectivity index (χ2n) is 4.99. The average molecular weight is 362 g/mol. The zero-order valence-electron chi connectivity index (χ0n) is 13.3. The molecule has 2 atom stereocenters. The number of hydrogen-bond donors (Lipinski definition) is 7. The van der Waals surface area contributed by atoms with Gasteiger partial charge in [0.25, 0.3) is 5.91 Å². The fraction of sp³-hybridized carbons (Fsp3) is 0.583. The van der Waals surface area contributed by atoms with Crippen molar-refractivity contribution in [2.24, 2.45) is 22.2 Å². The number of guanidine groups is 1. The number of carbonyl (C=O) groups excluding carboxylic acids is 1. The van der Waals surface area contributed by atoms with E-state index in [2.05, 4.69) is 10.4 Å². The van der Waals surface area contributed by atoms with E-state index in [9.17, 15) is 19.2 Å². The van der Waals surface area contributed by atoms with Crippen LogP contribution in [0, 0.1) is 0 Å². The molecular weight excluding hydrogens is 340 g/mol. The molecule has 0 fully saturated rings. The minimum absolute atomic E-state index is 0.101. The lowest BCUT2D eigenvalue weighted by Gasteiger charge is -2.27. The van der Waals surface area contributed by atoms with Crippen LogP contribution in [-0.2, 0) is 19.2 Å². The number of nitrogens with zero attached hydrogens (tertiary/aromatic N) is 2. The Bertz CT molecular complexity index is 534. The van der Waals surface area contributed by atoms with Crippen LogP contribution in [-0.4, -0.2) is 75.3 Å². The van der Waals surface area contributed by atoms with E-state index >= 15 is 0 Å². The van der Waals surface area contributed by atoms with E-state index in [1.807, 2.05) is 0 Å². The fourth-order valence-electron chi connectivity index (χ4n) is 1.72. The number of amides is 1. The molecule has 0 saturated carbocycles. The van der Waals surface area contributed by atoms with Crippen LogP contribution < -0.4 is 22.6 Å². The Hall–Kier alpha value is -2.93. The van der Waals surface area contributed by atoms with Gasteiger partial charge in [0.15, 0.2) is 5.96 Å². The topological polar surface area (TPSA) is 235 Å². The van der Waals surface area contributed by atoms with Crippen molar-refractivity contribution >= 4 is 29.8 Å². The Morgan fingerprint density at radius 2 is 1.68 bits per heavy atom. The number of rotatable bonds is 12. The molecule has 2 unspecified atom stereocenters. The monoisotopic (exact) mass is 362 g/mol. The van der Waals surface area contributed by atoms with E-state index in [-0.39, 0.29) is 18.9 Å². The van der Waals surface area contributed by atoms with E-state index in [0.717, 1.165) is 0 Å². The molecule has 0 saturated heterocycles. The van der Waals surface area contributed by atoms with E-state index in [1.54, 1.807) is 0 Å². The highest BCUT2D eigenvalue weighted by atomic mass is 16.4. The van der Waals surface area contributed by atoms with Gasteiger partial charge in [0.2, 0.25) is 0 Å². The van der Waals surface area contributed by atoms with Gasteiger partial charge < -0.3 is 32.5 Å². The summed E-state index contributed by atoms with van der Waals surface area (Å²) < 4.78 is 0. The highest BCUT2D eigenvalue weighted by Gasteiger charge is 2.29. The zero-order valence-corrected chi connectivity index (χ0v) is 13.3. The molecular formula is C12H22N6O7. The molecule has 25 heavy (non-hydrogen) atoms. The Labute approximate surface area is 142 Å². The molecule has 0 bridgehead atoms. The first-order valence-corrected chi connectivity index (χ1v) is 7.09.